The van der Waals surface area contributed by atoms with Crippen molar-refractivity contribution in [3.05, 3.63) is 40.9 Å². The number of hydrogen-bond acceptors (Lipinski definition) is 4. The number of likely N-dealkylation sites (tertiary alicyclic amines) is 1. The van der Waals surface area contributed by atoms with Crippen LogP contribution in [0.3, 0.4) is 0 Å². The predicted octanol–water partition coefficient (Wildman–Crippen LogP) is 4.30. The third kappa shape index (κ3) is 5.00. The van der Waals surface area contributed by atoms with Crippen molar-refractivity contribution in [1.29, 1.82) is 0 Å². The van der Waals surface area contributed by atoms with Crippen molar-refractivity contribution in [1.82, 2.24) is 24.8 Å². The fourth-order valence-corrected chi connectivity index (χ4v) is 5.24. The molecule has 1 fully saturated rings. The molecule has 1 saturated heterocycles. The van der Waals surface area contributed by atoms with Gasteiger partial charge in [0.05, 0.1) is 11.7 Å². The lowest BCUT2D eigenvalue weighted by atomic mass is 9.93. The van der Waals surface area contributed by atoms with Crippen LogP contribution in [-0.4, -0.2) is 44.5 Å². The first kappa shape index (κ1) is 22.0. The van der Waals surface area contributed by atoms with E-state index in [9.17, 15) is 4.79 Å². The number of amides is 1. The van der Waals surface area contributed by atoms with Crippen LogP contribution in [0.25, 0.3) is 5.65 Å². The van der Waals surface area contributed by atoms with Crippen molar-refractivity contribution in [2.45, 2.75) is 84.7 Å². The summed E-state index contributed by atoms with van der Waals surface area (Å²) >= 11 is 0. The molecule has 1 amide bonds. The van der Waals surface area contributed by atoms with Crippen LogP contribution in [0.2, 0.25) is 0 Å². The third-order valence-electron chi connectivity index (χ3n) is 6.81. The van der Waals surface area contributed by atoms with Gasteiger partial charge in [-0.2, -0.15) is 5.10 Å². The zero-order valence-electron chi connectivity index (χ0n) is 19.5. The average molecular weight is 424 g/mol. The fourth-order valence-electron chi connectivity index (χ4n) is 5.24. The van der Waals surface area contributed by atoms with Gasteiger partial charge in [0.2, 0.25) is 5.91 Å². The van der Waals surface area contributed by atoms with Gasteiger partial charge in [0.15, 0.2) is 5.65 Å². The van der Waals surface area contributed by atoms with Gasteiger partial charge in [-0.3, -0.25) is 9.69 Å². The number of nitrogens with one attached hydrogen (secondary N) is 1. The summed E-state index contributed by atoms with van der Waals surface area (Å²) in [4.78, 5) is 19.6. The van der Waals surface area contributed by atoms with Crippen LogP contribution >= 0.6 is 0 Å². The Morgan fingerprint density at radius 3 is 2.84 bits per heavy atom. The van der Waals surface area contributed by atoms with E-state index in [0.29, 0.717) is 18.9 Å². The van der Waals surface area contributed by atoms with Gasteiger partial charge in [0.1, 0.15) is 0 Å². The molecule has 2 aliphatic rings. The van der Waals surface area contributed by atoms with Crippen LogP contribution < -0.4 is 5.32 Å². The minimum atomic E-state index is 0.0919. The van der Waals surface area contributed by atoms with Gasteiger partial charge in [-0.25, -0.2) is 9.50 Å². The largest absolute Gasteiger partial charge is 0.354 e. The SMILES string of the molecule is Cc1nc2cc([C@@H]3CCCN3C[C@@H]3CC=CCC3)nn2c(C)c1CCC(=O)NC(C)C. The summed E-state index contributed by atoms with van der Waals surface area (Å²) in [5.41, 5.74) is 5.32. The second-order valence-corrected chi connectivity index (χ2v) is 9.63. The second-order valence-electron chi connectivity index (χ2n) is 9.63. The Kier molecular flexibility index (Phi) is 6.75. The van der Waals surface area contributed by atoms with Crippen LogP contribution in [-0.2, 0) is 11.2 Å². The predicted molar refractivity (Wildman–Crippen MR) is 124 cm³/mol. The monoisotopic (exact) mass is 423 g/mol. The van der Waals surface area contributed by atoms with E-state index >= 15 is 0 Å². The number of carbonyl (C=O) groups is 1. The molecule has 2 aromatic rings. The lowest BCUT2D eigenvalue weighted by Crippen LogP contribution is -2.30. The number of hydrogen-bond donors (Lipinski definition) is 1. The second kappa shape index (κ2) is 9.51. The number of nitrogens with zero attached hydrogens (tertiary/aromatic N) is 4. The summed E-state index contributed by atoms with van der Waals surface area (Å²) in [5, 5.41) is 7.99. The average Bonchev–Trinajstić information content (AvgIpc) is 3.34. The topological polar surface area (TPSA) is 62.5 Å². The summed E-state index contributed by atoms with van der Waals surface area (Å²) in [7, 11) is 0. The standard InChI is InChI=1S/C25H37N5O/c1-17(2)26-25(31)13-12-21-18(3)27-24-15-22(28-30(24)19(21)4)23-11-8-14-29(23)16-20-9-6-5-7-10-20/h5-6,15,17,20,23H,7-14,16H2,1-4H3,(H,26,31)/t20-,23+/m1/s1. The Labute approximate surface area is 186 Å². The zero-order valence-corrected chi connectivity index (χ0v) is 19.5. The number of allylic oxidation sites excluding steroid dienone is 2. The Balaban J connectivity index is 1.52. The molecule has 0 unspecified atom stereocenters. The van der Waals surface area contributed by atoms with E-state index in [2.05, 4.69) is 35.4 Å². The van der Waals surface area contributed by atoms with Gasteiger partial charge in [0, 0.05) is 36.5 Å². The number of aromatic nitrogens is 3. The molecule has 0 radical (unpaired) electrons. The highest BCUT2D eigenvalue weighted by Gasteiger charge is 2.30. The molecule has 0 aromatic carbocycles. The quantitative estimate of drug-likeness (QED) is 0.675. The van der Waals surface area contributed by atoms with Gasteiger partial charge in [-0.05, 0) is 84.2 Å². The molecule has 0 spiro atoms. The minimum Gasteiger partial charge on any atom is -0.354 e. The maximum Gasteiger partial charge on any atom is 0.220 e. The Bertz CT molecular complexity index is 960. The van der Waals surface area contributed by atoms with Crippen molar-refractivity contribution in [2.75, 3.05) is 13.1 Å². The van der Waals surface area contributed by atoms with Gasteiger partial charge in [0.25, 0.3) is 0 Å². The van der Waals surface area contributed by atoms with E-state index in [0.717, 1.165) is 34.2 Å². The molecule has 1 aliphatic heterocycles. The van der Waals surface area contributed by atoms with E-state index in [1.165, 1.54) is 45.2 Å². The smallest absolute Gasteiger partial charge is 0.220 e. The van der Waals surface area contributed by atoms with Crippen LogP contribution in [0.1, 0.15) is 81.1 Å². The first-order valence-corrected chi connectivity index (χ1v) is 12.0. The van der Waals surface area contributed by atoms with Crippen molar-refractivity contribution in [3.8, 4) is 0 Å². The van der Waals surface area contributed by atoms with E-state index in [4.69, 9.17) is 10.1 Å². The molecule has 6 heteroatoms. The Morgan fingerprint density at radius 2 is 2.10 bits per heavy atom. The van der Waals surface area contributed by atoms with Crippen LogP contribution in [0.5, 0.6) is 0 Å². The normalized spacial score (nSPS) is 22.0. The number of rotatable bonds is 7. The van der Waals surface area contributed by atoms with Crippen LogP contribution in [0, 0.1) is 19.8 Å². The molecule has 0 bridgehead atoms. The summed E-state index contributed by atoms with van der Waals surface area (Å²) in [6, 6.07) is 2.74. The molecule has 1 N–H and O–H groups in total. The molecule has 4 rings (SSSR count). The molecule has 6 nitrogen and oxygen atoms in total. The van der Waals surface area contributed by atoms with Gasteiger partial charge in [-0.1, -0.05) is 12.2 Å². The summed E-state index contributed by atoms with van der Waals surface area (Å²) in [6.07, 6.45) is 12.0. The molecule has 0 saturated carbocycles. The molecule has 31 heavy (non-hydrogen) atoms. The summed E-state index contributed by atoms with van der Waals surface area (Å²) < 4.78 is 2.00. The molecule has 168 valence electrons. The van der Waals surface area contributed by atoms with E-state index < -0.39 is 0 Å². The molecular formula is C25H37N5O. The highest BCUT2D eigenvalue weighted by Crippen LogP contribution is 2.34. The highest BCUT2D eigenvalue weighted by atomic mass is 16.1. The molecule has 2 aromatic heterocycles. The van der Waals surface area contributed by atoms with Crippen molar-refractivity contribution in [2.24, 2.45) is 5.92 Å². The van der Waals surface area contributed by atoms with Gasteiger partial charge >= 0.3 is 0 Å². The summed E-state index contributed by atoms with van der Waals surface area (Å²) in [6.45, 7) is 10.5. The van der Waals surface area contributed by atoms with E-state index in [1.54, 1.807) is 0 Å². The Hall–Kier alpha value is -2.21. The molecule has 1 aliphatic carbocycles. The Morgan fingerprint density at radius 1 is 1.26 bits per heavy atom. The summed E-state index contributed by atoms with van der Waals surface area (Å²) in [5.74, 6) is 0.863. The van der Waals surface area contributed by atoms with E-state index in [-0.39, 0.29) is 11.9 Å². The lowest BCUT2D eigenvalue weighted by molar-refractivity contribution is -0.121. The van der Waals surface area contributed by atoms with Crippen LogP contribution in [0.15, 0.2) is 18.2 Å². The number of carbonyl (C=O) groups excluding carboxylic acids is 1. The van der Waals surface area contributed by atoms with Crippen molar-refractivity contribution >= 4 is 11.6 Å². The first-order chi connectivity index (χ1) is 14.9. The molecular weight excluding hydrogens is 386 g/mol. The van der Waals surface area contributed by atoms with Crippen molar-refractivity contribution < 1.29 is 4.79 Å². The zero-order chi connectivity index (χ0) is 22.0. The third-order valence-corrected chi connectivity index (χ3v) is 6.81. The number of aryl methyl sites for hydroxylation is 2. The van der Waals surface area contributed by atoms with E-state index in [1.807, 2.05) is 25.3 Å². The highest BCUT2D eigenvalue weighted by molar-refractivity contribution is 5.76. The lowest BCUT2D eigenvalue weighted by Gasteiger charge is -2.28. The minimum absolute atomic E-state index is 0.0919. The van der Waals surface area contributed by atoms with Crippen LogP contribution in [0.4, 0.5) is 0 Å². The van der Waals surface area contributed by atoms with Gasteiger partial charge < -0.3 is 5.32 Å². The fraction of sp³-hybridized carbons (Fsp3) is 0.640. The molecule has 2 atom stereocenters. The maximum atomic E-state index is 12.1. The molecule has 3 heterocycles. The van der Waals surface area contributed by atoms with Crippen molar-refractivity contribution in [3.63, 3.8) is 0 Å². The maximum absolute atomic E-state index is 12.1. The van der Waals surface area contributed by atoms with Gasteiger partial charge in [-0.15, -0.1) is 0 Å². The first-order valence-electron chi connectivity index (χ1n) is 12.0. The number of fused-ring (bicyclic) bond motifs is 1.